The van der Waals surface area contributed by atoms with Crippen molar-refractivity contribution < 1.29 is 19.1 Å². The van der Waals surface area contributed by atoms with E-state index in [2.05, 4.69) is 10.6 Å². The van der Waals surface area contributed by atoms with Crippen molar-refractivity contribution >= 4 is 17.6 Å². The number of carbonyl (C=O) groups is 2. The largest absolute Gasteiger partial charge is 0.490 e. The average molecular weight is 355 g/mol. The van der Waals surface area contributed by atoms with E-state index in [0.717, 1.165) is 12.0 Å². The van der Waals surface area contributed by atoms with Gasteiger partial charge in [-0.25, -0.2) is 4.79 Å². The van der Waals surface area contributed by atoms with Gasteiger partial charge in [0.15, 0.2) is 11.5 Å². The highest BCUT2D eigenvalue weighted by molar-refractivity contribution is 5.92. The summed E-state index contributed by atoms with van der Waals surface area (Å²) < 4.78 is 11.2. The lowest BCUT2D eigenvalue weighted by atomic mass is 10.0. The molecule has 2 aromatic carbocycles. The molecule has 0 fully saturated rings. The van der Waals surface area contributed by atoms with Gasteiger partial charge in [-0.3, -0.25) is 4.79 Å². The molecule has 3 rings (SSSR count). The molecule has 7 nitrogen and oxygen atoms in total. The molecule has 0 unspecified atom stereocenters. The minimum atomic E-state index is -0.678. The number of carbonyl (C=O) groups excluding carboxylic acids is 2. The van der Waals surface area contributed by atoms with E-state index in [1.54, 1.807) is 18.2 Å². The van der Waals surface area contributed by atoms with Crippen molar-refractivity contribution in [3.05, 3.63) is 54.1 Å². The van der Waals surface area contributed by atoms with Gasteiger partial charge in [0.25, 0.3) is 0 Å². The maximum Gasteiger partial charge on any atom is 0.312 e. The minimum absolute atomic E-state index is 0.0569. The summed E-state index contributed by atoms with van der Waals surface area (Å²) in [5.41, 5.74) is 6.65. The molecule has 0 aromatic heterocycles. The van der Waals surface area contributed by atoms with Crippen LogP contribution in [0.15, 0.2) is 48.5 Å². The van der Waals surface area contributed by atoms with Crippen LogP contribution in [0.4, 0.5) is 10.5 Å². The summed E-state index contributed by atoms with van der Waals surface area (Å²) in [6.07, 6.45) is 0.870. The van der Waals surface area contributed by atoms with Crippen molar-refractivity contribution in [2.24, 2.45) is 5.73 Å². The summed E-state index contributed by atoms with van der Waals surface area (Å²) in [6, 6.07) is 13.3. The molecule has 0 aliphatic carbocycles. The molecule has 1 atom stereocenters. The maximum atomic E-state index is 12.4. The number of rotatable bonds is 5. The molecule has 1 aliphatic rings. The molecule has 0 saturated carbocycles. The summed E-state index contributed by atoms with van der Waals surface area (Å²) >= 11 is 0. The van der Waals surface area contributed by atoms with Gasteiger partial charge in [0.05, 0.1) is 25.7 Å². The summed E-state index contributed by atoms with van der Waals surface area (Å²) in [5.74, 6) is 1.02. The van der Waals surface area contributed by atoms with Crippen molar-refractivity contribution in [3.63, 3.8) is 0 Å². The van der Waals surface area contributed by atoms with Gasteiger partial charge in [-0.2, -0.15) is 0 Å². The number of hydrogen-bond acceptors (Lipinski definition) is 4. The van der Waals surface area contributed by atoms with Crippen molar-refractivity contribution in [3.8, 4) is 11.5 Å². The monoisotopic (exact) mass is 355 g/mol. The van der Waals surface area contributed by atoms with Crippen LogP contribution in [0, 0.1) is 0 Å². The number of anilines is 1. The predicted octanol–water partition coefficient (Wildman–Crippen LogP) is 2.59. The second-order valence-corrected chi connectivity index (χ2v) is 5.94. The number of ether oxygens (including phenoxy) is 2. The molecule has 0 bridgehead atoms. The van der Waals surface area contributed by atoms with Gasteiger partial charge < -0.3 is 25.8 Å². The standard InChI is InChI=1S/C19H21N3O4/c20-19(24)22-15(13-5-2-1-3-6-13)12-18(23)21-14-7-8-16-17(11-14)26-10-4-9-25-16/h1-3,5-8,11,15H,4,9-10,12H2,(H,21,23)(H3,20,22,24)/t15-/m0/s1. The molecule has 2 aromatic rings. The van der Waals surface area contributed by atoms with Gasteiger partial charge in [0, 0.05) is 18.2 Å². The zero-order chi connectivity index (χ0) is 18.4. The van der Waals surface area contributed by atoms with Crippen molar-refractivity contribution in [1.29, 1.82) is 0 Å². The van der Waals surface area contributed by atoms with Crippen molar-refractivity contribution in [2.45, 2.75) is 18.9 Å². The van der Waals surface area contributed by atoms with Crippen LogP contribution in [0.3, 0.4) is 0 Å². The van der Waals surface area contributed by atoms with Gasteiger partial charge in [-0.05, 0) is 17.7 Å². The molecule has 1 heterocycles. The fourth-order valence-electron chi connectivity index (χ4n) is 2.75. The Labute approximate surface area is 151 Å². The average Bonchev–Trinajstić information content (AvgIpc) is 2.86. The Balaban J connectivity index is 1.68. The SMILES string of the molecule is NC(=O)N[C@@H](CC(=O)Nc1ccc2c(c1)OCCCO2)c1ccccc1. The third-order valence-corrected chi connectivity index (χ3v) is 3.94. The van der Waals surface area contributed by atoms with Crippen LogP contribution in [-0.4, -0.2) is 25.2 Å². The van der Waals surface area contributed by atoms with Crippen LogP contribution in [0.25, 0.3) is 0 Å². The number of nitrogens with one attached hydrogen (secondary N) is 2. The fraction of sp³-hybridized carbons (Fsp3) is 0.263. The Bertz CT molecular complexity index is 780. The summed E-state index contributed by atoms with van der Waals surface area (Å²) in [7, 11) is 0. The number of benzene rings is 2. The van der Waals surface area contributed by atoms with Crippen LogP contribution in [0.1, 0.15) is 24.4 Å². The molecule has 136 valence electrons. The third-order valence-electron chi connectivity index (χ3n) is 3.94. The summed E-state index contributed by atoms with van der Waals surface area (Å²) in [5, 5.41) is 5.42. The van der Waals surface area contributed by atoms with E-state index in [9.17, 15) is 9.59 Å². The number of fused-ring (bicyclic) bond motifs is 1. The first kappa shape index (κ1) is 17.6. The minimum Gasteiger partial charge on any atom is -0.490 e. The zero-order valence-corrected chi connectivity index (χ0v) is 14.2. The first-order valence-electron chi connectivity index (χ1n) is 8.42. The van der Waals surface area contributed by atoms with E-state index >= 15 is 0 Å². The lowest BCUT2D eigenvalue weighted by Crippen LogP contribution is -2.35. The van der Waals surface area contributed by atoms with E-state index in [4.69, 9.17) is 15.2 Å². The van der Waals surface area contributed by atoms with Crippen molar-refractivity contribution in [1.82, 2.24) is 5.32 Å². The summed E-state index contributed by atoms with van der Waals surface area (Å²) in [6.45, 7) is 1.18. The third kappa shape index (κ3) is 4.66. The molecule has 0 spiro atoms. The quantitative estimate of drug-likeness (QED) is 0.767. The van der Waals surface area contributed by atoms with E-state index < -0.39 is 12.1 Å². The molecule has 3 amide bonds. The second-order valence-electron chi connectivity index (χ2n) is 5.94. The van der Waals surface area contributed by atoms with E-state index in [1.165, 1.54) is 0 Å². The maximum absolute atomic E-state index is 12.4. The number of nitrogens with two attached hydrogens (primary N) is 1. The first-order chi connectivity index (χ1) is 12.6. The van der Waals surface area contributed by atoms with Crippen LogP contribution in [0.5, 0.6) is 11.5 Å². The number of hydrogen-bond donors (Lipinski definition) is 3. The van der Waals surface area contributed by atoms with E-state index in [0.29, 0.717) is 30.4 Å². The van der Waals surface area contributed by atoms with Crippen molar-refractivity contribution in [2.75, 3.05) is 18.5 Å². The summed E-state index contributed by atoms with van der Waals surface area (Å²) in [4.78, 5) is 23.7. The fourth-order valence-corrected chi connectivity index (χ4v) is 2.75. The predicted molar refractivity (Wildman–Crippen MR) is 97.2 cm³/mol. The Morgan fingerprint density at radius 3 is 2.50 bits per heavy atom. The highest BCUT2D eigenvalue weighted by Crippen LogP contribution is 2.32. The number of amides is 3. The molecular formula is C19H21N3O4. The molecule has 1 aliphatic heterocycles. The van der Waals surface area contributed by atoms with Gasteiger partial charge in [0.1, 0.15) is 0 Å². The van der Waals surface area contributed by atoms with Gasteiger partial charge in [-0.1, -0.05) is 30.3 Å². The lowest BCUT2D eigenvalue weighted by Gasteiger charge is -2.18. The van der Waals surface area contributed by atoms with Crippen LogP contribution in [0.2, 0.25) is 0 Å². The molecule has 0 saturated heterocycles. The first-order valence-corrected chi connectivity index (χ1v) is 8.42. The van der Waals surface area contributed by atoms with Crippen LogP contribution >= 0.6 is 0 Å². The van der Waals surface area contributed by atoms with Gasteiger partial charge in [0.2, 0.25) is 5.91 Å². The number of urea groups is 1. The Hall–Kier alpha value is -3.22. The number of primary amides is 1. The van der Waals surface area contributed by atoms with Gasteiger partial charge in [-0.15, -0.1) is 0 Å². The normalized spacial score (nSPS) is 14.0. The topological polar surface area (TPSA) is 103 Å². The second kappa shape index (κ2) is 8.24. The smallest absolute Gasteiger partial charge is 0.312 e. The zero-order valence-electron chi connectivity index (χ0n) is 14.2. The molecule has 26 heavy (non-hydrogen) atoms. The van der Waals surface area contributed by atoms with Crippen LogP contribution in [-0.2, 0) is 4.79 Å². The Morgan fingerprint density at radius 2 is 1.77 bits per heavy atom. The molecular weight excluding hydrogens is 334 g/mol. The van der Waals surface area contributed by atoms with Crippen LogP contribution < -0.4 is 25.8 Å². The Morgan fingerprint density at radius 1 is 1.04 bits per heavy atom. The highest BCUT2D eigenvalue weighted by Gasteiger charge is 2.18. The molecule has 0 radical (unpaired) electrons. The van der Waals surface area contributed by atoms with E-state index in [1.807, 2.05) is 30.3 Å². The molecule has 4 N–H and O–H groups in total. The highest BCUT2D eigenvalue weighted by atomic mass is 16.5. The molecule has 7 heteroatoms. The van der Waals surface area contributed by atoms with E-state index in [-0.39, 0.29) is 12.3 Å². The van der Waals surface area contributed by atoms with Gasteiger partial charge >= 0.3 is 6.03 Å². The Kier molecular flexibility index (Phi) is 5.58. The lowest BCUT2D eigenvalue weighted by molar-refractivity contribution is -0.116.